The lowest BCUT2D eigenvalue weighted by molar-refractivity contribution is 0.0510. The molecular weight excluding hydrogens is 264 g/mol. The van der Waals surface area contributed by atoms with E-state index in [1.165, 1.54) is 5.56 Å². The van der Waals surface area contributed by atoms with Crippen LogP contribution in [0.4, 0.5) is 0 Å². The number of phenolic OH excluding ortho intramolecular Hbond substituents is 1. The molecule has 1 aliphatic heterocycles. The van der Waals surface area contributed by atoms with Crippen molar-refractivity contribution in [3.63, 3.8) is 0 Å². The summed E-state index contributed by atoms with van der Waals surface area (Å²) in [7, 11) is 0. The van der Waals surface area contributed by atoms with Gasteiger partial charge in [0.25, 0.3) is 0 Å². The third kappa shape index (κ3) is 1.31. The smallest absolute Gasteiger partial charge is 0.190 e. The summed E-state index contributed by atoms with van der Waals surface area (Å²) in [5, 5.41) is 12.5. The zero-order chi connectivity index (χ0) is 14.0. The predicted octanol–water partition coefficient (Wildman–Crippen LogP) is 2.03. The maximum absolute atomic E-state index is 10.3. The lowest BCUT2D eigenvalue weighted by atomic mass is 9.86. The Bertz CT molecular complexity index is 938. The summed E-state index contributed by atoms with van der Waals surface area (Å²) in [5.41, 5.74) is 4.02. The highest BCUT2D eigenvalue weighted by atomic mass is 16.7. The van der Waals surface area contributed by atoms with Gasteiger partial charge in [-0.15, -0.1) is 0 Å². The zero-order valence-electron chi connectivity index (χ0n) is 11.2. The van der Waals surface area contributed by atoms with Gasteiger partial charge in [-0.1, -0.05) is 42.5 Å². The first kappa shape index (κ1) is 11.2. The standard InChI is InChI=1S/C18H12O3/c19-14-6-2-5-13-15(14)12-8-7-10-3-1-4-11(10)16(12)18-17(13)20-9-21-18/h1-8,17,19H,9H2. The fraction of sp³-hybridized carbons (Fsp3) is 0.111. The minimum Gasteiger partial charge on any atom is -0.507 e. The van der Waals surface area contributed by atoms with Crippen molar-refractivity contribution >= 4 is 17.9 Å². The van der Waals surface area contributed by atoms with Gasteiger partial charge in [-0.3, -0.25) is 0 Å². The quantitative estimate of drug-likeness (QED) is 0.800. The molecule has 3 heteroatoms. The number of phenols is 1. The Labute approximate surface area is 121 Å². The number of hydrogen-bond donors (Lipinski definition) is 1. The summed E-state index contributed by atoms with van der Waals surface area (Å²) in [6, 6.07) is 9.70. The van der Waals surface area contributed by atoms with Gasteiger partial charge in [0.1, 0.15) is 17.6 Å². The van der Waals surface area contributed by atoms with Gasteiger partial charge in [-0.2, -0.15) is 0 Å². The molecule has 0 amide bonds. The number of rotatable bonds is 0. The van der Waals surface area contributed by atoms with Crippen LogP contribution in [0, 0.1) is 0 Å². The van der Waals surface area contributed by atoms with E-state index in [1.54, 1.807) is 6.07 Å². The summed E-state index contributed by atoms with van der Waals surface area (Å²) < 4.78 is 11.5. The van der Waals surface area contributed by atoms with Crippen molar-refractivity contribution in [3.8, 4) is 16.9 Å². The molecule has 3 nitrogen and oxygen atoms in total. The molecule has 0 radical (unpaired) electrons. The second-order valence-electron chi connectivity index (χ2n) is 5.43. The molecule has 2 aromatic carbocycles. The molecule has 0 spiro atoms. The lowest BCUT2D eigenvalue weighted by Crippen LogP contribution is -2.34. The highest BCUT2D eigenvalue weighted by Gasteiger charge is 2.34. The SMILES string of the molecule is Oc1cccc2c1-c1ccc3c(c1=C1OCOC12)=CC=C3. The van der Waals surface area contributed by atoms with Crippen LogP contribution in [0.5, 0.6) is 5.75 Å². The van der Waals surface area contributed by atoms with E-state index in [0.29, 0.717) is 0 Å². The first-order valence-electron chi connectivity index (χ1n) is 6.97. The van der Waals surface area contributed by atoms with Crippen molar-refractivity contribution in [1.82, 2.24) is 0 Å². The van der Waals surface area contributed by atoms with Crippen LogP contribution in [-0.2, 0) is 9.47 Å². The largest absolute Gasteiger partial charge is 0.507 e. The third-order valence-electron chi connectivity index (χ3n) is 4.38. The average molecular weight is 276 g/mol. The molecule has 3 aliphatic rings. The van der Waals surface area contributed by atoms with Gasteiger partial charge in [-0.05, 0) is 22.4 Å². The molecule has 2 aliphatic carbocycles. The number of fused-ring (bicyclic) bond motifs is 7. The van der Waals surface area contributed by atoms with Crippen LogP contribution in [0.15, 0.2) is 36.4 Å². The molecule has 1 N–H and O–H groups in total. The summed E-state index contributed by atoms with van der Waals surface area (Å²) in [6.45, 7) is 0.256. The van der Waals surface area contributed by atoms with E-state index in [4.69, 9.17) is 9.47 Å². The summed E-state index contributed by atoms with van der Waals surface area (Å²) in [5.74, 6) is 1.15. The molecule has 1 unspecified atom stereocenters. The normalized spacial score (nSPS) is 20.2. The molecule has 1 atom stereocenters. The number of benzene rings is 2. The van der Waals surface area contributed by atoms with Crippen molar-refractivity contribution in [3.05, 3.63) is 58.0 Å². The topological polar surface area (TPSA) is 38.7 Å². The number of allylic oxidation sites excluding steroid dienone is 1. The summed E-state index contributed by atoms with van der Waals surface area (Å²) >= 11 is 0. The monoisotopic (exact) mass is 276 g/mol. The number of hydrogen-bond acceptors (Lipinski definition) is 3. The van der Waals surface area contributed by atoms with Crippen LogP contribution in [0.1, 0.15) is 17.2 Å². The van der Waals surface area contributed by atoms with Crippen molar-refractivity contribution in [1.29, 1.82) is 0 Å². The Balaban J connectivity index is 2.03. The lowest BCUT2D eigenvalue weighted by Gasteiger charge is -2.22. The second-order valence-corrected chi connectivity index (χ2v) is 5.43. The molecule has 2 aromatic rings. The first-order chi connectivity index (χ1) is 10.3. The predicted molar refractivity (Wildman–Crippen MR) is 79.5 cm³/mol. The average Bonchev–Trinajstić information content (AvgIpc) is 3.15. The van der Waals surface area contributed by atoms with Crippen LogP contribution in [0.2, 0.25) is 0 Å². The Morgan fingerprint density at radius 1 is 1.14 bits per heavy atom. The molecule has 1 fully saturated rings. The minimum atomic E-state index is -0.222. The van der Waals surface area contributed by atoms with Crippen molar-refractivity contribution in [2.75, 3.05) is 6.79 Å². The van der Waals surface area contributed by atoms with E-state index in [2.05, 4.69) is 24.3 Å². The minimum absolute atomic E-state index is 0.222. The van der Waals surface area contributed by atoms with Crippen molar-refractivity contribution in [2.24, 2.45) is 0 Å². The van der Waals surface area contributed by atoms with E-state index in [0.717, 1.165) is 32.9 Å². The number of aromatic hydroxyl groups is 1. The highest BCUT2D eigenvalue weighted by Crippen LogP contribution is 2.44. The van der Waals surface area contributed by atoms with Gasteiger partial charge in [0.2, 0.25) is 0 Å². The fourth-order valence-electron chi connectivity index (χ4n) is 3.50. The molecule has 5 rings (SSSR count). The Hall–Kier alpha value is -2.52. The van der Waals surface area contributed by atoms with E-state index in [-0.39, 0.29) is 18.6 Å². The molecule has 21 heavy (non-hydrogen) atoms. The Morgan fingerprint density at radius 2 is 2.10 bits per heavy atom. The molecular formula is C18H12O3. The molecule has 1 saturated heterocycles. The first-order valence-corrected chi connectivity index (χ1v) is 6.97. The van der Waals surface area contributed by atoms with Gasteiger partial charge in [0.05, 0.1) is 0 Å². The molecule has 1 heterocycles. The van der Waals surface area contributed by atoms with Crippen LogP contribution >= 0.6 is 0 Å². The van der Waals surface area contributed by atoms with Crippen LogP contribution in [0.3, 0.4) is 0 Å². The van der Waals surface area contributed by atoms with E-state index < -0.39 is 0 Å². The highest BCUT2D eigenvalue weighted by molar-refractivity contribution is 5.84. The maximum Gasteiger partial charge on any atom is 0.190 e. The van der Waals surface area contributed by atoms with Crippen LogP contribution < -0.4 is 10.4 Å². The third-order valence-corrected chi connectivity index (χ3v) is 4.38. The van der Waals surface area contributed by atoms with Gasteiger partial charge in [0.15, 0.2) is 6.79 Å². The van der Waals surface area contributed by atoms with E-state index in [9.17, 15) is 5.11 Å². The summed E-state index contributed by atoms with van der Waals surface area (Å²) in [4.78, 5) is 0. The van der Waals surface area contributed by atoms with Gasteiger partial charge < -0.3 is 14.6 Å². The van der Waals surface area contributed by atoms with Crippen molar-refractivity contribution < 1.29 is 14.6 Å². The van der Waals surface area contributed by atoms with Gasteiger partial charge in [-0.25, -0.2) is 0 Å². The zero-order valence-corrected chi connectivity index (χ0v) is 11.2. The Kier molecular flexibility index (Phi) is 2.01. The second kappa shape index (κ2) is 3.77. The van der Waals surface area contributed by atoms with Crippen LogP contribution in [-0.4, -0.2) is 11.9 Å². The molecule has 0 aromatic heterocycles. The molecule has 0 saturated carbocycles. The van der Waals surface area contributed by atoms with E-state index >= 15 is 0 Å². The maximum atomic E-state index is 10.3. The Morgan fingerprint density at radius 3 is 3.05 bits per heavy atom. The van der Waals surface area contributed by atoms with E-state index in [1.807, 2.05) is 18.2 Å². The van der Waals surface area contributed by atoms with Gasteiger partial charge >= 0.3 is 0 Å². The molecule has 102 valence electrons. The number of ether oxygens (including phenoxy) is 2. The molecule has 0 bridgehead atoms. The van der Waals surface area contributed by atoms with Crippen LogP contribution in [0.25, 0.3) is 29.0 Å². The van der Waals surface area contributed by atoms with Gasteiger partial charge in [0, 0.05) is 16.3 Å². The van der Waals surface area contributed by atoms with Crippen molar-refractivity contribution in [2.45, 2.75) is 6.10 Å². The fourth-order valence-corrected chi connectivity index (χ4v) is 3.50. The summed E-state index contributed by atoms with van der Waals surface area (Å²) in [6.07, 6.45) is 5.99.